The van der Waals surface area contributed by atoms with Crippen LogP contribution in [0, 0.1) is 0 Å². The van der Waals surface area contributed by atoms with Gasteiger partial charge in [-0.05, 0) is 25.3 Å². The van der Waals surface area contributed by atoms with Crippen molar-refractivity contribution in [2.75, 3.05) is 12.1 Å². The van der Waals surface area contributed by atoms with E-state index in [1.165, 1.54) is 10.7 Å². The predicted molar refractivity (Wildman–Crippen MR) is 58.9 cm³/mol. The molecular formula is C11H13N3O2. The fourth-order valence-corrected chi connectivity index (χ4v) is 2.47. The van der Waals surface area contributed by atoms with Crippen molar-refractivity contribution in [3.8, 4) is 0 Å². The normalized spacial score (nSPS) is 21.3. The van der Waals surface area contributed by atoms with E-state index >= 15 is 0 Å². The fourth-order valence-electron chi connectivity index (χ4n) is 2.47. The molecule has 1 aromatic rings. The van der Waals surface area contributed by atoms with E-state index in [1.54, 1.807) is 12.1 Å². The second-order valence-corrected chi connectivity index (χ2v) is 4.42. The Hall–Kier alpha value is -1.78. The van der Waals surface area contributed by atoms with E-state index in [-0.39, 0.29) is 17.1 Å². The number of pyridine rings is 1. The third kappa shape index (κ3) is 1.00. The van der Waals surface area contributed by atoms with Gasteiger partial charge in [-0.25, -0.2) is 4.68 Å². The zero-order valence-corrected chi connectivity index (χ0v) is 9.06. The minimum Gasteiger partial charge on any atom is -0.327 e. The molecule has 1 aromatic heterocycles. The molecule has 1 saturated carbocycles. The highest BCUT2D eigenvalue weighted by molar-refractivity contribution is 5.94. The SMILES string of the molecule is CN1n2c(cccc2=O)C(=O)NC12CCC2. The third-order valence-electron chi connectivity index (χ3n) is 3.61. The van der Waals surface area contributed by atoms with Crippen molar-refractivity contribution in [3.63, 3.8) is 0 Å². The van der Waals surface area contributed by atoms with E-state index in [1.807, 2.05) is 12.1 Å². The van der Waals surface area contributed by atoms with E-state index in [9.17, 15) is 9.59 Å². The number of carbonyl (C=O) groups excluding carboxylic acids is 1. The van der Waals surface area contributed by atoms with Gasteiger partial charge in [0.2, 0.25) is 0 Å². The minimum absolute atomic E-state index is 0.152. The van der Waals surface area contributed by atoms with Crippen LogP contribution >= 0.6 is 0 Å². The summed E-state index contributed by atoms with van der Waals surface area (Å²) in [5.74, 6) is -0.157. The van der Waals surface area contributed by atoms with E-state index in [0.29, 0.717) is 5.69 Å². The van der Waals surface area contributed by atoms with Crippen molar-refractivity contribution in [3.05, 3.63) is 34.2 Å². The highest BCUT2D eigenvalue weighted by Gasteiger charge is 2.46. The highest BCUT2D eigenvalue weighted by atomic mass is 16.2. The molecular weight excluding hydrogens is 206 g/mol. The van der Waals surface area contributed by atoms with Gasteiger partial charge in [0.15, 0.2) is 0 Å². The summed E-state index contributed by atoms with van der Waals surface area (Å²) in [7, 11) is 1.85. The lowest BCUT2D eigenvalue weighted by molar-refractivity contribution is 0.0699. The molecule has 1 N–H and O–H groups in total. The maximum Gasteiger partial charge on any atom is 0.271 e. The molecule has 1 spiro atoms. The molecule has 3 rings (SSSR count). The Morgan fingerprint density at radius 2 is 2.06 bits per heavy atom. The van der Waals surface area contributed by atoms with Crippen molar-refractivity contribution in [1.82, 2.24) is 9.99 Å². The zero-order valence-electron chi connectivity index (χ0n) is 9.06. The molecule has 16 heavy (non-hydrogen) atoms. The zero-order chi connectivity index (χ0) is 11.3. The van der Waals surface area contributed by atoms with Crippen LogP contribution in [0.1, 0.15) is 29.8 Å². The molecule has 0 radical (unpaired) electrons. The first-order valence-electron chi connectivity index (χ1n) is 5.43. The summed E-state index contributed by atoms with van der Waals surface area (Å²) >= 11 is 0. The molecule has 2 heterocycles. The molecule has 0 aromatic carbocycles. The average Bonchev–Trinajstić information content (AvgIpc) is 2.21. The molecule has 0 atom stereocenters. The number of rotatable bonds is 0. The van der Waals surface area contributed by atoms with E-state index in [4.69, 9.17) is 0 Å². The van der Waals surface area contributed by atoms with Gasteiger partial charge in [0.1, 0.15) is 11.4 Å². The largest absolute Gasteiger partial charge is 0.327 e. The lowest BCUT2D eigenvalue weighted by Gasteiger charge is -2.52. The molecule has 0 bridgehead atoms. The molecule has 0 unspecified atom stereocenters. The number of hydrogen-bond donors (Lipinski definition) is 1. The van der Waals surface area contributed by atoms with Crippen LogP contribution in [-0.4, -0.2) is 23.3 Å². The number of aromatic nitrogens is 1. The first-order valence-corrected chi connectivity index (χ1v) is 5.43. The number of hydrogen-bond acceptors (Lipinski definition) is 3. The van der Waals surface area contributed by atoms with Gasteiger partial charge < -0.3 is 5.32 Å². The lowest BCUT2D eigenvalue weighted by Crippen LogP contribution is -2.72. The number of carbonyl (C=O) groups is 1. The molecule has 1 aliphatic carbocycles. The lowest BCUT2D eigenvalue weighted by atomic mass is 9.83. The number of nitrogens with zero attached hydrogens (tertiary/aromatic N) is 2. The molecule has 1 aliphatic heterocycles. The molecule has 5 heteroatoms. The average molecular weight is 219 g/mol. The van der Waals surface area contributed by atoms with Gasteiger partial charge in [-0.2, -0.15) is 0 Å². The van der Waals surface area contributed by atoms with E-state index in [0.717, 1.165) is 19.3 Å². The first kappa shape index (κ1) is 9.45. The van der Waals surface area contributed by atoms with E-state index in [2.05, 4.69) is 5.32 Å². The summed E-state index contributed by atoms with van der Waals surface area (Å²) in [6, 6.07) is 4.75. The maximum atomic E-state index is 11.9. The Bertz CT molecular complexity index is 516. The van der Waals surface area contributed by atoms with Crippen molar-refractivity contribution in [2.45, 2.75) is 24.9 Å². The summed E-state index contributed by atoms with van der Waals surface area (Å²) in [6.45, 7) is 0. The van der Waals surface area contributed by atoms with Gasteiger partial charge >= 0.3 is 0 Å². The van der Waals surface area contributed by atoms with Crippen LogP contribution in [0.15, 0.2) is 23.0 Å². The van der Waals surface area contributed by atoms with Gasteiger partial charge in [0.05, 0.1) is 0 Å². The van der Waals surface area contributed by atoms with Crippen LogP contribution in [0.25, 0.3) is 0 Å². The topological polar surface area (TPSA) is 54.3 Å². The molecule has 1 amide bonds. The monoisotopic (exact) mass is 219 g/mol. The second-order valence-electron chi connectivity index (χ2n) is 4.42. The van der Waals surface area contributed by atoms with Crippen LogP contribution in [0.3, 0.4) is 0 Å². The molecule has 84 valence electrons. The van der Waals surface area contributed by atoms with E-state index < -0.39 is 0 Å². The van der Waals surface area contributed by atoms with Gasteiger partial charge in [-0.1, -0.05) is 6.07 Å². The second kappa shape index (κ2) is 2.87. The van der Waals surface area contributed by atoms with Crippen molar-refractivity contribution in [2.24, 2.45) is 0 Å². The first-order chi connectivity index (χ1) is 7.64. The van der Waals surface area contributed by atoms with Crippen LogP contribution < -0.4 is 15.9 Å². The van der Waals surface area contributed by atoms with Gasteiger partial charge in [0, 0.05) is 13.1 Å². The number of nitrogens with one attached hydrogen (secondary N) is 1. The fraction of sp³-hybridized carbons (Fsp3) is 0.455. The van der Waals surface area contributed by atoms with Crippen molar-refractivity contribution < 1.29 is 4.79 Å². The van der Waals surface area contributed by atoms with Crippen molar-refractivity contribution in [1.29, 1.82) is 0 Å². The Morgan fingerprint density at radius 1 is 1.31 bits per heavy atom. The quantitative estimate of drug-likeness (QED) is 0.670. The molecule has 5 nitrogen and oxygen atoms in total. The Balaban J connectivity index is 2.21. The van der Waals surface area contributed by atoms with Crippen LogP contribution in [-0.2, 0) is 0 Å². The molecule has 2 aliphatic rings. The maximum absolute atomic E-state index is 11.9. The van der Waals surface area contributed by atoms with Gasteiger partial charge in [0.25, 0.3) is 11.5 Å². The minimum atomic E-state index is -0.338. The Labute approximate surface area is 92.6 Å². The highest BCUT2D eigenvalue weighted by Crippen LogP contribution is 2.35. The summed E-state index contributed by atoms with van der Waals surface area (Å²) in [5.41, 5.74) is -0.0800. The predicted octanol–water partition coefficient (Wildman–Crippen LogP) is 0.0397. The summed E-state index contributed by atoms with van der Waals surface area (Å²) in [6.07, 6.45) is 2.88. The molecule has 0 saturated heterocycles. The summed E-state index contributed by atoms with van der Waals surface area (Å²) in [5, 5.41) is 4.85. The van der Waals surface area contributed by atoms with Gasteiger partial charge in [-0.15, -0.1) is 0 Å². The van der Waals surface area contributed by atoms with Crippen LogP contribution in [0.4, 0.5) is 0 Å². The van der Waals surface area contributed by atoms with Gasteiger partial charge in [-0.3, -0.25) is 14.6 Å². The third-order valence-corrected chi connectivity index (χ3v) is 3.61. The van der Waals surface area contributed by atoms with Crippen LogP contribution in [0.5, 0.6) is 0 Å². The van der Waals surface area contributed by atoms with Crippen LogP contribution in [0.2, 0.25) is 0 Å². The summed E-state index contributed by atoms with van der Waals surface area (Å²) < 4.78 is 1.47. The molecule has 1 fully saturated rings. The smallest absolute Gasteiger partial charge is 0.271 e. The number of amides is 1. The standard InChI is InChI=1S/C11H13N3O2/c1-13-11(6-3-7-11)12-10(16)8-4-2-5-9(15)14(8)13/h2,4-5H,3,6-7H2,1H3,(H,12,16). The Kier molecular flexibility index (Phi) is 1.70. The Morgan fingerprint density at radius 3 is 2.69 bits per heavy atom. The van der Waals surface area contributed by atoms with Crippen molar-refractivity contribution >= 4 is 5.91 Å². The number of fused-ring (bicyclic) bond motifs is 1. The summed E-state index contributed by atoms with van der Waals surface area (Å²) in [4.78, 5) is 23.7.